The Kier molecular flexibility index (Phi) is 5.69. The molecule has 7 nitrogen and oxygen atoms in total. The molecule has 0 amide bonds. The van der Waals surface area contributed by atoms with E-state index in [4.69, 9.17) is 16.3 Å². The summed E-state index contributed by atoms with van der Waals surface area (Å²) in [5.74, 6) is 2.17. The number of anilines is 1. The molecule has 0 unspecified atom stereocenters. The Hall–Kier alpha value is -1.73. The van der Waals surface area contributed by atoms with Gasteiger partial charge in [-0.3, -0.25) is 5.10 Å². The van der Waals surface area contributed by atoms with Crippen molar-refractivity contribution in [2.45, 2.75) is 26.4 Å². The number of aromatic nitrogens is 5. The maximum absolute atomic E-state index is 5.95. The molecule has 0 spiro atoms. The van der Waals surface area contributed by atoms with Gasteiger partial charge in [-0.15, -0.1) is 0 Å². The second-order valence-corrected chi connectivity index (χ2v) is 4.48. The van der Waals surface area contributed by atoms with Crippen molar-refractivity contribution in [2.75, 3.05) is 18.5 Å². The van der Waals surface area contributed by atoms with E-state index in [0.29, 0.717) is 30.0 Å². The molecule has 0 aliphatic carbocycles. The number of halogens is 1. The summed E-state index contributed by atoms with van der Waals surface area (Å²) < 4.78 is 5.27. The van der Waals surface area contributed by atoms with Crippen LogP contribution in [0.15, 0.2) is 12.4 Å². The molecule has 108 valence electrons. The molecule has 0 aliphatic rings. The summed E-state index contributed by atoms with van der Waals surface area (Å²) in [6.45, 7) is 3.68. The number of aromatic amines is 1. The maximum Gasteiger partial charge on any atom is 0.158 e. The van der Waals surface area contributed by atoms with Crippen LogP contribution >= 0.6 is 11.6 Å². The predicted molar refractivity (Wildman–Crippen MR) is 75.6 cm³/mol. The highest BCUT2D eigenvalue weighted by Gasteiger charge is 2.03. The maximum atomic E-state index is 5.95. The number of hydrogen-bond acceptors (Lipinski definition) is 6. The van der Waals surface area contributed by atoms with Gasteiger partial charge in [-0.1, -0.05) is 11.6 Å². The fourth-order valence-corrected chi connectivity index (χ4v) is 1.84. The largest absolute Gasteiger partial charge is 0.374 e. The van der Waals surface area contributed by atoms with Gasteiger partial charge in [0.1, 0.15) is 29.7 Å². The van der Waals surface area contributed by atoms with Crippen molar-refractivity contribution in [3.8, 4) is 0 Å². The van der Waals surface area contributed by atoms with Crippen LogP contribution < -0.4 is 5.32 Å². The Morgan fingerprint density at radius 3 is 3.05 bits per heavy atom. The summed E-state index contributed by atoms with van der Waals surface area (Å²) in [7, 11) is 0. The number of ether oxygens (including phenoxy) is 1. The average molecular weight is 297 g/mol. The van der Waals surface area contributed by atoms with Gasteiger partial charge in [0.05, 0.1) is 0 Å². The van der Waals surface area contributed by atoms with Gasteiger partial charge >= 0.3 is 0 Å². The number of rotatable bonds is 8. The number of nitrogens with one attached hydrogen (secondary N) is 2. The molecular weight excluding hydrogens is 280 g/mol. The summed E-state index contributed by atoms with van der Waals surface area (Å²) in [5.41, 5.74) is 0. The van der Waals surface area contributed by atoms with E-state index in [1.807, 2.05) is 6.92 Å². The molecule has 8 heteroatoms. The number of H-pyrrole nitrogens is 1. The minimum absolute atomic E-state index is 0.365. The molecule has 2 rings (SSSR count). The van der Waals surface area contributed by atoms with E-state index in [1.54, 1.807) is 6.07 Å². The van der Waals surface area contributed by atoms with E-state index >= 15 is 0 Å². The molecule has 0 bridgehead atoms. The van der Waals surface area contributed by atoms with Crippen LogP contribution in [0.2, 0.25) is 5.15 Å². The van der Waals surface area contributed by atoms with Gasteiger partial charge in [0.2, 0.25) is 0 Å². The molecule has 0 saturated carbocycles. The van der Waals surface area contributed by atoms with Gasteiger partial charge in [0, 0.05) is 25.6 Å². The van der Waals surface area contributed by atoms with E-state index in [0.717, 1.165) is 25.2 Å². The number of aryl methyl sites for hydroxylation is 1. The standard InChI is InChI=1S/C12H17ClN6O/c1-2-20-7-12-17-9(13)6-11(18-12)14-5-3-4-10-15-8-16-19-10/h6,8H,2-5,7H2,1H3,(H,14,17,18)(H,15,16,19). The normalized spacial score (nSPS) is 10.7. The molecule has 2 N–H and O–H groups in total. The third-order valence-corrected chi connectivity index (χ3v) is 2.73. The number of nitrogens with zero attached hydrogens (tertiary/aromatic N) is 4. The van der Waals surface area contributed by atoms with Crippen molar-refractivity contribution in [3.63, 3.8) is 0 Å². The third kappa shape index (κ3) is 4.75. The summed E-state index contributed by atoms with van der Waals surface area (Å²) in [4.78, 5) is 12.5. The Balaban J connectivity index is 1.80. The number of hydrogen-bond donors (Lipinski definition) is 2. The van der Waals surface area contributed by atoms with Crippen LogP contribution in [0.4, 0.5) is 5.82 Å². The van der Waals surface area contributed by atoms with E-state index in [-0.39, 0.29) is 0 Å². The topological polar surface area (TPSA) is 88.6 Å². The first-order valence-corrected chi connectivity index (χ1v) is 6.85. The van der Waals surface area contributed by atoms with Crippen molar-refractivity contribution in [1.82, 2.24) is 25.1 Å². The van der Waals surface area contributed by atoms with Gasteiger partial charge < -0.3 is 10.1 Å². The monoisotopic (exact) mass is 296 g/mol. The lowest BCUT2D eigenvalue weighted by Crippen LogP contribution is -2.08. The zero-order valence-corrected chi connectivity index (χ0v) is 12.0. The van der Waals surface area contributed by atoms with E-state index in [2.05, 4.69) is 30.5 Å². The fraction of sp³-hybridized carbons (Fsp3) is 0.500. The van der Waals surface area contributed by atoms with Crippen molar-refractivity contribution < 1.29 is 4.74 Å². The molecular formula is C12H17ClN6O. The first kappa shape index (κ1) is 14.7. The summed E-state index contributed by atoms with van der Waals surface area (Å²) in [5, 5.41) is 10.2. The first-order chi connectivity index (χ1) is 9.78. The Labute approximate surface area is 122 Å². The van der Waals surface area contributed by atoms with Crippen LogP contribution in [0.5, 0.6) is 0 Å². The fourth-order valence-electron chi connectivity index (χ4n) is 1.64. The zero-order chi connectivity index (χ0) is 14.2. The second kappa shape index (κ2) is 7.76. The van der Waals surface area contributed by atoms with E-state index in [1.165, 1.54) is 6.33 Å². The zero-order valence-electron chi connectivity index (χ0n) is 11.3. The van der Waals surface area contributed by atoms with Gasteiger partial charge in [-0.2, -0.15) is 5.10 Å². The Morgan fingerprint density at radius 2 is 2.30 bits per heavy atom. The van der Waals surface area contributed by atoms with Crippen LogP contribution in [0.25, 0.3) is 0 Å². The minimum atomic E-state index is 0.365. The van der Waals surface area contributed by atoms with Gasteiger partial charge in [0.15, 0.2) is 5.82 Å². The highest BCUT2D eigenvalue weighted by atomic mass is 35.5. The SMILES string of the molecule is CCOCc1nc(Cl)cc(NCCCc2ncn[nH]2)n1. The van der Waals surface area contributed by atoms with Crippen molar-refractivity contribution in [2.24, 2.45) is 0 Å². The molecule has 0 atom stereocenters. The smallest absolute Gasteiger partial charge is 0.158 e. The molecule has 0 saturated heterocycles. The van der Waals surface area contributed by atoms with Crippen LogP contribution in [-0.2, 0) is 17.8 Å². The second-order valence-electron chi connectivity index (χ2n) is 4.09. The average Bonchev–Trinajstić information content (AvgIpc) is 2.94. The highest BCUT2D eigenvalue weighted by Crippen LogP contribution is 2.12. The van der Waals surface area contributed by atoms with Gasteiger partial charge in [-0.05, 0) is 13.3 Å². The van der Waals surface area contributed by atoms with Crippen LogP contribution in [-0.4, -0.2) is 38.3 Å². The molecule has 0 radical (unpaired) electrons. The van der Waals surface area contributed by atoms with Crippen molar-refractivity contribution in [1.29, 1.82) is 0 Å². The van der Waals surface area contributed by atoms with Crippen LogP contribution in [0.1, 0.15) is 25.0 Å². The lowest BCUT2D eigenvalue weighted by molar-refractivity contribution is 0.128. The van der Waals surface area contributed by atoms with Crippen LogP contribution in [0, 0.1) is 0 Å². The van der Waals surface area contributed by atoms with E-state index in [9.17, 15) is 0 Å². The van der Waals surface area contributed by atoms with E-state index < -0.39 is 0 Å². The van der Waals surface area contributed by atoms with Crippen molar-refractivity contribution >= 4 is 17.4 Å². The molecule has 0 aromatic carbocycles. The third-order valence-electron chi connectivity index (χ3n) is 2.54. The van der Waals surface area contributed by atoms with Gasteiger partial charge in [-0.25, -0.2) is 15.0 Å². The van der Waals surface area contributed by atoms with Gasteiger partial charge in [0.25, 0.3) is 0 Å². The molecule has 20 heavy (non-hydrogen) atoms. The molecule has 0 fully saturated rings. The van der Waals surface area contributed by atoms with Crippen molar-refractivity contribution in [3.05, 3.63) is 29.2 Å². The lowest BCUT2D eigenvalue weighted by Gasteiger charge is -2.07. The Bertz CT molecular complexity index is 519. The van der Waals surface area contributed by atoms with Crippen LogP contribution in [0.3, 0.4) is 0 Å². The summed E-state index contributed by atoms with van der Waals surface area (Å²) in [6.07, 6.45) is 3.25. The molecule has 2 heterocycles. The summed E-state index contributed by atoms with van der Waals surface area (Å²) in [6, 6.07) is 1.70. The Morgan fingerprint density at radius 1 is 1.40 bits per heavy atom. The first-order valence-electron chi connectivity index (χ1n) is 6.47. The molecule has 2 aromatic heterocycles. The molecule has 2 aromatic rings. The minimum Gasteiger partial charge on any atom is -0.374 e. The lowest BCUT2D eigenvalue weighted by atomic mass is 10.3. The predicted octanol–water partition coefficient (Wildman–Crippen LogP) is 1.83. The highest BCUT2D eigenvalue weighted by molar-refractivity contribution is 6.29. The molecule has 0 aliphatic heterocycles. The quantitative estimate of drug-likeness (QED) is 0.571. The summed E-state index contributed by atoms with van der Waals surface area (Å²) >= 11 is 5.95.